The molecule has 30 heavy (non-hydrogen) atoms. The first-order valence-electron chi connectivity index (χ1n) is 10.4. The predicted molar refractivity (Wildman–Crippen MR) is 130 cm³/mol. The van der Waals surface area contributed by atoms with Crippen molar-refractivity contribution in [2.24, 2.45) is 0 Å². The van der Waals surface area contributed by atoms with Crippen LogP contribution < -0.4 is 0 Å². The molecule has 0 atom stereocenters. The van der Waals surface area contributed by atoms with Crippen molar-refractivity contribution in [3.05, 3.63) is 90.0 Å². The van der Waals surface area contributed by atoms with Gasteiger partial charge in [-0.05, 0) is 34.6 Å². The molecule has 0 nitrogen and oxygen atoms in total. The Morgan fingerprint density at radius 3 is 2.20 bits per heavy atom. The van der Waals surface area contributed by atoms with Crippen molar-refractivity contribution in [3.8, 4) is 22.3 Å². The van der Waals surface area contributed by atoms with Gasteiger partial charge in [0.25, 0.3) is 0 Å². The van der Waals surface area contributed by atoms with Gasteiger partial charge >= 0.3 is 37.9 Å². The van der Waals surface area contributed by atoms with Gasteiger partial charge in [-0.15, -0.1) is 28.5 Å². The number of rotatable bonds is 5. The van der Waals surface area contributed by atoms with Gasteiger partial charge < -0.3 is 0 Å². The Morgan fingerprint density at radius 2 is 1.53 bits per heavy atom. The number of aryl methyl sites for hydroxylation is 1. The van der Waals surface area contributed by atoms with E-state index in [1.165, 1.54) is 50.6 Å². The van der Waals surface area contributed by atoms with E-state index in [-0.39, 0.29) is 0 Å². The van der Waals surface area contributed by atoms with Crippen LogP contribution in [0.2, 0.25) is 0 Å². The van der Waals surface area contributed by atoms with Gasteiger partial charge in [0.15, 0.2) is 0 Å². The molecular formula is C27H27Cl2Zr-. The summed E-state index contributed by atoms with van der Waals surface area (Å²) in [5.74, 6) is 0.491. The van der Waals surface area contributed by atoms with E-state index in [4.69, 9.17) is 17.0 Å². The van der Waals surface area contributed by atoms with Gasteiger partial charge in [-0.3, -0.25) is 0 Å². The fraction of sp³-hybridized carbons (Fsp3) is 0.222. The molecule has 0 N–H and O–H groups in total. The van der Waals surface area contributed by atoms with Gasteiger partial charge in [-0.25, -0.2) is 0 Å². The van der Waals surface area contributed by atoms with E-state index in [1.54, 1.807) is 0 Å². The summed E-state index contributed by atoms with van der Waals surface area (Å²) >= 11 is -0.826. The molecule has 0 spiro atoms. The van der Waals surface area contributed by atoms with Gasteiger partial charge in [-0.2, -0.15) is 6.07 Å². The van der Waals surface area contributed by atoms with Crippen LogP contribution in [0.4, 0.5) is 0 Å². The summed E-state index contributed by atoms with van der Waals surface area (Å²) in [6, 6.07) is 29.1. The summed E-state index contributed by atoms with van der Waals surface area (Å²) in [6.45, 7) is 6.82. The second kappa shape index (κ2) is 11.4. The molecule has 0 aliphatic carbocycles. The molecule has 0 saturated heterocycles. The van der Waals surface area contributed by atoms with Crippen molar-refractivity contribution >= 4 is 27.8 Å². The average Bonchev–Trinajstić information content (AvgIpc) is 3.17. The molecule has 0 bridgehead atoms. The molecule has 0 heterocycles. The molecule has 4 aromatic carbocycles. The number of fused-ring (bicyclic) bond motifs is 1. The third-order valence-electron chi connectivity index (χ3n) is 5.43. The molecule has 0 aromatic heterocycles. The average molecular weight is 514 g/mol. The molecule has 0 aliphatic rings. The standard InChI is InChI=1S/C27H27.2ClH.Zr/c1-4-10-20-17-22-15-16-24(21-11-6-5-7-12-21)27(26(22)18-20)25-14-9-8-13-23(25)19(2)3;;;/h5-9,11-19H,4,10H2,1-3H3;2*1H;/q-1;;;+2/p-2. The topological polar surface area (TPSA) is 0 Å². The monoisotopic (exact) mass is 511 g/mol. The molecule has 0 aliphatic heterocycles. The number of hydrogen-bond donors (Lipinski definition) is 0. The molecule has 4 rings (SSSR count). The van der Waals surface area contributed by atoms with E-state index in [0.717, 1.165) is 6.42 Å². The Labute approximate surface area is 199 Å². The van der Waals surface area contributed by atoms with Crippen molar-refractivity contribution in [2.45, 2.75) is 39.5 Å². The van der Waals surface area contributed by atoms with Crippen molar-refractivity contribution in [1.29, 1.82) is 0 Å². The Hall–Kier alpha value is -1.27. The fourth-order valence-corrected chi connectivity index (χ4v) is 4.15. The molecule has 0 radical (unpaired) electrons. The van der Waals surface area contributed by atoms with Crippen LogP contribution in [0.5, 0.6) is 0 Å². The maximum atomic E-state index is 4.93. The van der Waals surface area contributed by atoms with E-state index in [9.17, 15) is 0 Å². The SMILES string of the molecule is CCCc1cc2c(-c3ccccc3C(C)C)c(-c3ccccc3)ccc2[cH-]1.[Cl][Zr][Cl]. The summed E-state index contributed by atoms with van der Waals surface area (Å²) in [4.78, 5) is 0. The maximum absolute atomic E-state index is 4.93. The predicted octanol–water partition coefficient (Wildman–Crippen LogP) is 9.35. The van der Waals surface area contributed by atoms with Crippen molar-refractivity contribution in [3.63, 3.8) is 0 Å². The fourth-order valence-electron chi connectivity index (χ4n) is 4.15. The van der Waals surface area contributed by atoms with E-state index in [1.807, 2.05) is 0 Å². The third-order valence-corrected chi connectivity index (χ3v) is 5.43. The number of benzene rings is 3. The molecule has 0 unspecified atom stereocenters. The first-order valence-corrected chi connectivity index (χ1v) is 16.8. The molecule has 4 aromatic rings. The van der Waals surface area contributed by atoms with Gasteiger partial charge in [0.2, 0.25) is 0 Å². The summed E-state index contributed by atoms with van der Waals surface area (Å²) in [6.07, 6.45) is 2.32. The van der Waals surface area contributed by atoms with E-state index >= 15 is 0 Å². The number of halogens is 2. The van der Waals surface area contributed by atoms with Crippen LogP contribution in [0.1, 0.15) is 44.2 Å². The quantitative estimate of drug-likeness (QED) is 0.233. The van der Waals surface area contributed by atoms with Gasteiger partial charge in [0.1, 0.15) is 0 Å². The van der Waals surface area contributed by atoms with E-state index in [0.29, 0.717) is 5.92 Å². The first kappa shape index (κ1) is 23.4. The Morgan fingerprint density at radius 1 is 0.867 bits per heavy atom. The summed E-state index contributed by atoms with van der Waals surface area (Å²) in [5, 5.41) is 2.74. The van der Waals surface area contributed by atoms with Gasteiger partial charge in [0, 0.05) is 0 Å². The first-order chi connectivity index (χ1) is 14.6. The van der Waals surface area contributed by atoms with Crippen LogP contribution in [0.25, 0.3) is 33.0 Å². The third kappa shape index (κ3) is 5.31. The minimum absolute atomic E-state index is 0.491. The van der Waals surface area contributed by atoms with Crippen LogP contribution in [-0.2, 0) is 27.3 Å². The van der Waals surface area contributed by atoms with E-state index < -0.39 is 20.8 Å². The van der Waals surface area contributed by atoms with Crippen molar-refractivity contribution in [1.82, 2.24) is 0 Å². The zero-order valence-corrected chi connectivity index (χ0v) is 21.7. The van der Waals surface area contributed by atoms with Gasteiger partial charge in [0.05, 0.1) is 0 Å². The Bertz CT molecular complexity index is 1080. The number of hydrogen-bond acceptors (Lipinski definition) is 0. The Balaban J connectivity index is 0.000000806. The molecule has 0 fully saturated rings. The Kier molecular flexibility index (Phi) is 8.88. The van der Waals surface area contributed by atoms with Crippen LogP contribution >= 0.6 is 17.0 Å². The molecule has 0 saturated carbocycles. The summed E-state index contributed by atoms with van der Waals surface area (Å²) < 4.78 is 0. The minimum atomic E-state index is -0.826. The molecular weight excluding hydrogens is 486 g/mol. The summed E-state index contributed by atoms with van der Waals surface area (Å²) in [5.41, 5.74) is 8.22. The molecule has 0 amide bonds. The van der Waals surface area contributed by atoms with Crippen molar-refractivity contribution in [2.75, 3.05) is 0 Å². The molecule has 3 heteroatoms. The van der Waals surface area contributed by atoms with Crippen LogP contribution in [0.3, 0.4) is 0 Å². The molecule has 154 valence electrons. The zero-order chi connectivity index (χ0) is 21.5. The second-order valence-corrected chi connectivity index (χ2v) is 11.5. The normalized spacial score (nSPS) is 10.7. The van der Waals surface area contributed by atoms with Crippen LogP contribution in [0.15, 0.2) is 78.9 Å². The second-order valence-electron chi connectivity index (χ2n) is 7.78. The van der Waals surface area contributed by atoms with Crippen LogP contribution in [0, 0.1) is 0 Å². The summed E-state index contributed by atoms with van der Waals surface area (Å²) in [7, 11) is 9.87. The van der Waals surface area contributed by atoms with Crippen molar-refractivity contribution < 1.29 is 20.8 Å². The zero-order valence-electron chi connectivity index (χ0n) is 17.8. The van der Waals surface area contributed by atoms with E-state index in [2.05, 4.69) is 99.6 Å². The van der Waals surface area contributed by atoms with Gasteiger partial charge in [-0.1, -0.05) is 93.4 Å². The van der Waals surface area contributed by atoms with Crippen LogP contribution in [-0.4, -0.2) is 0 Å².